The Kier molecular flexibility index (Phi) is 4.50. The first kappa shape index (κ1) is 20.0. The van der Waals surface area contributed by atoms with Crippen LogP contribution in [0.25, 0.3) is 22.6 Å². The second kappa shape index (κ2) is 7.19. The van der Waals surface area contributed by atoms with Crippen LogP contribution >= 0.6 is 0 Å². The third-order valence-corrected chi connectivity index (χ3v) is 8.28. The third kappa shape index (κ3) is 3.44. The topological polar surface area (TPSA) is 55.1 Å². The van der Waals surface area contributed by atoms with Gasteiger partial charge in [0.05, 0.1) is 0 Å². The predicted molar refractivity (Wildman–Crippen MR) is 128 cm³/mol. The summed E-state index contributed by atoms with van der Waals surface area (Å²) in [5.74, 6) is 3.36. The molecule has 32 heavy (non-hydrogen) atoms. The summed E-state index contributed by atoms with van der Waals surface area (Å²) < 4.78 is 6.11. The second-order valence-corrected chi connectivity index (χ2v) is 11.1. The molecule has 4 bridgehead atoms. The van der Waals surface area contributed by atoms with Crippen LogP contribution in [0, 0.1) is 43.9 Å². The smallest absolute Gasteiger partial charge is 0.227 e. The van der Waals surface area contributed by atoms with Crippen LogP contribution in [0.15, 0.2) is 34.7 Å². The summed E-state index contributed by atoms with van der Waals surface area (Å²) in [6.07, 6.45) is 8.66. The highest BCUT2D eigenvalue weighted by molar-refractivity contribution is 5.93. The minimum absolute atomic E-state index is 0.163. The maximum absolute atomic E-state index is 13.2. The summed E-state index contributed by atoms with van der Waals surface area (Å²) in [6.45, 7) is 6.17. The molecule has 4 nitrogen and oxygen atoms in total. The highest BCUT2D eigenvalue weighted by atomic mass is 16.3. The molecule has 0 unspecified atom stereocenters. The van der Waals surface area contributed by atoms with Gasteiger partial charge in [-0.1, -0.05) is 12.1 Å². The van der Waals surface area contributed by atoms with Gasteiger partial charge >= 0.3 is 0 Å². The van der Waals surface area contributed by atoms with Crippen molar-refractivity contribution in [3.05, 3.63) is 47.0 Å². The van der Waals surface area contributed by atoms with E-state index >= 15 is 0 Å². The average molecular weight is 429 g/mol. The van der Waals surface area contributed by atoms with E-state index in [0.717, 1.165) is 51.2 Å². The van der Waals surface area contributed by atoms with Gasteiger partial charge in [0.2, 0.25) is 11.8 Å². The van der Waals surface area contributed by atoms with Gasteiger partial charge in [0.1, 0.15) is 5.52 Å². The SMILES string of the molecule is Cc1cc(C)c2oc(-c3ccc(C)c(NC(=O)CC45CC6CC(CC(C6)C4)C5)c3)nc2c1. The molecule has 7 rings (SSSR count). The molecule has 4 saturated carbocycles. The molecule has 1 aromatic heterocycles. The van der Waals surface area contributed by atoms with Gasteiger partial charge in [0.25, 0.3) is 0 Å². The van der Waals surface area contributed by atoms with E-state index in [-0.39, 0.29) is 11.3 Å². The van der Waals surface area contributed by atoms with Crippen molar-refractivity contribution in [1.29, 1.82) is 0 Å². The number of aromatic nitrogens is 1. The van der Waals surface area contributed by atoms with E-state index in [0.29, 0.717) is 12.3 Å². The number of anilines is 1. The van der Waals surface area contributed by atoms with Crippen molar-refractivity contribution in [2.75, 3.05) is 5.32 Å². The molecule has 0 saturated heterocycles. The Morgan fingerprint density at radius 1 is 1.00 bits per heavy atom. The van der Waals surface area contributed by atoms with E-state index in [9.17, 15) is 4.79 Å². The molecule has 0 aliphatic heterocycles. The maximum Gasteiger partial charge on any atom is 0.227 e. The van der Waals surface area contributed by atoms with Crippen LogP contribution < -0.4 is 5.32 Å². The zero-order valence-electron chi connectivity index (χ0n) is 19.3. The number of fused-ring (bicyclic) bond motifs is 1. The number of nitrogens with one attached hydrogen (secondary N) is 1. The first-order chi connectivity index (χ1) is 15.4. The molecule has 2 aromatic carbocycles. The Labute approximate surface area is 189 Å². The number of carbonyl (C=O) groups excluding carboxylic acids is 1. The first-order valence-electron chi connectivity index (χ1n) is 12.1. The Morgan fingerprint density at radius 2 is 1.69 bits per heavy atom. The van der Waals surface area contributed by atoms with Gasteiger partial charge in [-0.3, -0.25) is 4.79 Å². The predicted octanol–water partition coefficient (Wildman–Crippen LogP) is 6.97. The van der Waals surface area contributed by atoms with Crippen molar-refractivity contribution in [1.82, 2.24) is 4.98 Å². The van der Waals surface area contributed by atoms with E-state index in [4.69, 9.17) is 9.40 Å². The minimum Gasteiger partial charge on any atom is -0.436 e. The van der Waals surface area contributed by atoms with Crippen LogP contribution in [0.2, 0.25) is 0 Å². The standard InChI is InChI=1S/C28H32N2O2/c1-16-6-18(3)26-24(7-16)30-27(32-26)22-5-4-17(2)23(11-22)29-25(31)15-28-12-19-8-20(13-28)10-21(9-19)14-28/h4-7,11,19-21H,8-10,12-15H2,1-3H3,(H,29,31). The van der Waals surface area contributed by atoms with Gasteiger partial charge in [-0.2, -0.15) is 0 Å². The molecule has 4 aliphatic carbocycles. The lowest BCUT2D eigenvalue weighted by Crippen LogP contribution is -2.47. The monoisotopic (exact) mass is 428 g/mol. The van der Waals surface area contributed by atoms with Gasteiger partial charge < -0.3 is 9.73 Å². The molecule has 0 radical (unpaired) electrons. The van der Waals surface area contributed by atoms with Crippen molar-refractivity contribution in [2.45, 2.75) is 65.7 Å². The van der Waals surface area contributed by atoms with Crippen LogP contribution in [0.5, 0.6) is 0 Å². The summed E-state index contributed by atoms with van der Waals surface area (Å²) >= 11 is 0. The summed E-state index contributed by atoms with van der Waals surface area (Å²) in [6, 6.07) is 10.2. The van der Waals surface area contributed by atoms with Gasteiger partial charge in [0.15, 0.2) is 5.58 Å². The number of hydrogen-bond acceptors (Lipinski definition) is 3. The maximum atomic E-state index is 13.2. The first-order valence-corrected chi connectivity index (χ1v) is 12.1. The summed E-state index contributed by atoms with van der Waals surface area (Å²) in [4.78, 5) is 17.9. The highest BCUT2D eigenvalue weighted by Crippen LogP contribution is 2.61. The lowest BCUT2D eigenvalue weighted by atomic mass is 9.49. The van der Waals surface area contributed by atoms with Crippen molar-refractivity contribution in [3.63, 3.8) is 0 Å². The Hall–Kier alpha value is -2.62. The van der Waals surface area contributed by atoms with E-state index in [2.05, 4.69) is 31.3 Å². The Morgan fingerprint density at radius 3 is 2.38 bits per heavy atom. The Bertz CT molecular complexity index is 1190. The lowest BCUT2D eigenvalue weighted by Gasteiger charge is -2.56. The number of hydrogen-bond donors (Lipinski definition) is 1. The van der Waals surface area contributed by atoms with Crippen LogP contribution in [0.4, 0.5) is 5.69 Å². The quantitative estimate of drug-likeness (QED) is 0.488. The summed E-state index contributed by atoms with van der Waals surface area (Å²) in [7, 11) is 0. The molecule has 4 aliphatic rings. The normalized spacial score (nSPS) is 28.4. The molecule has 0 spiro atoms. The Balaban J connectivity index is 1.24. The largest absolute Gasteiger partial charge is 0.436 e. The third-order valence-electron chi connectivity index (χ3n) is 8.28. The molecule has 4 fully saturated rings. The molecule has 1 amide bonds. The summed E-state index contributed by atoms with van der Waals surface area (Å²) in [5.41, 5.74) is 7.06. The molecule has 3 aromatic rings. The van der Waals surface area contributed by atoms with Crippen LogP contribution in [0.1, 0.15) is 61.6 Å². The number of aryl methyl sites for hydroxylation is 3. The van der Waals surface area contributed by atoms with E-state index in [1.165, 1.54) is 44.1 Å². The number of carbonyl (C=O) groups is 1. The van der Waals surface area contributed by atoms with E-state index in [1.807, 2.05) is 25.1 Å². The van der Waals surface area contributed by atoms with Gasteiger partial charge in [0, 0.05) is 17.7 Å². The number of benzene rings is 2. The van der Waals surface area contributed by atoms with Crippen molar-refractivity contribution < 1.29 is 9.21 Å². The fraction of sp³-hybridized carbons (Fsp3) is 0.500. The molecule has 166 valence electrons. The van der Waals surface area contributed by atoms with Crippen molar-refractivity contribution in [2.24, 2.45) is 23.2 Å². The molecule has 1 heterocycles. The number of oxazole rings is 1. The van der Waals surface area contributed by atoms with Crippen molar-refractivity contribution >= 4 is 22.7 Å². The molecule has 0 atom stereocenters. The van der Waals surface area contributed by atoms with E-state index in [1.54, 1.807) is 0 Å². The van der Waals surface area contributed by atoms with Gasteiger partial charge in [-0.15, -0.1) is 0 Å². The zero-order valence-corrected chi connectivity index (χ0v) is 19.3. The van der Waals surface area contributed by atoms with Crippen LogP contribution in [-0.4, -0.2) is 10.9 Å². The van der Waals surface area contributed by atoms with Gasteiger partial charge in [-0.25, -0.2) is 4.98 Å². The lowest BCUT2D eigenvalue weighted by molar-refractivity contribution is -0.124. The molecule has 1 N–H and O–H groups in total. The van der Waals surface area contributed by atoms with Crippen LogP contribution in [0.3, 0.4) is 0 Å². The van der Waals surface area contributed by atoms with Crippen LogP contribution in [-0.2, 0) is 4.79 Å². The number of rotatable bonds is 4. The minimum atomic E-state index is 0.163. The second-order valence-electron chi connectivity index (χ2n) is 11.1. The summed E-state index contributed by atoms with van der Waals surface area (Å²) in [5, 5.41) is 3.24. The molecule has 4 heteroatoms. The van der Waals surface area contributed by atoms with Gasteiger partial charge in [-0.05, 0) is 117 Å². The number of amides is 1. The zero-order chi connectivity index (χ0) is 22.0. The van der Waals surface area contributed by atoms with E-state index < -0.39 is 0 Å². The fourth-order valence-corrected chi connectivity index (χ4v) is 7.43. The fourth-order valence-electron chi connectivity index (χ4n) is 7.43. The van der Waals surface area contributed by atoms with Crippen molar-refractivity contribution in [3.8, 4) is 11.5 Å². The molecular weight excluding hydrogens is 396 g/mol. The molecular formula is C28H32N2O2. The highest BCUT2D eigenvalue weighted by Gasteiger charge is 2.51. The average Bonchev–Trinajstić information content (AvgIpc) is 3.12. The number of nitrogens with zero attached hydrogens (tertiary/aromatic N) is 1.